The number of nitrogens with zero attached hydrogens (tertiary/aromatic N) is 2. The van der Waals surface area contributed by atoms with Crippen LogP contribution in [0.25, 0.3) is 0 Å². The van der Waals surface area contributed by atoms with Crippen LogP contribution in [0.1, 0.15) is 44.2 Å². The van der Waals surface area contributed by atoms with Gasteiger partial charge in [-0.15, -0.1) is 0 Å². The van der Waals surface area contributed by atoms with E-state index in [1.54, 1.807) is 7.11 Å². The summed E-state index contributed by atoms with van der Waals surface area (Å²) in [5.74, 6) is 0.879. The van der Waals surface area contributed by atoms with Crippen molar-refractivity contribution in [3.05, 3.63) is 29.3 Å². The molecule has 1 fully saturated rings. The summed E-state index contributed by atoms with van der Waals surface area (Å²) in [6.07, 6.45) is 3.82. The molecule has 0 spiro atoms. The third-order valence-electron chi connectivity index (χ3n) is 4.14. The number of ether oxygens (including phenoxy) is 1. The molecular weight excluding hydrogens is 236 g/mol. The maximum Gasteiger partial charge on any atom is 0.123 e. The average molecular weight is 258 g/mol. The fourth-order valence-corrected chi connectivity index (χ4v) is 2.95. The smallest absolute Gasteiger partial charge is 0.123 e. The fraction of sp³-hybridized carbons (Fsp3) is 0.562. The van der Waals surface area contributed by atoms with Crippen molar-refractivity contribution >= 4 is 0 Å². The van der Waals surface area contributed by atoms with Crippen LogP contribution in [-0.2, 0) is 6.54 Å². The second-order valence-corrected chi connectivity index (χ2v) is 5.44. The van der Waals surface area contributed by atoms with Crippen molar-refractivity contribution in [2.24, 2.45) is 0 Å². The van der Waals surface area contributed by atoms with E-state index in [4.69, 9.17) is 10.00 Å². The van der Waals surface area contributed by atoms with E-state index in [0.717, 1.165) is 17.9 Å². The lowest BCUT2D eigenvalue weighted by molar-refractivity contribution is 0.0943. The van der Waals surface area contributed by atoms with Crippen molar-refractivity contribution < 1.29 is 4.74 Å². The van der Waals surface area contributed by atoms with Crippen molar-refractivity contribution in [2.45, 2.75) is 51.7 Å². The predicted molar refractivity (Wildman–Crippen MR) is 76.0 cm³/mol. The summed E-state index contributed by atoms with van der Waals surface area (Å²) >= 11 is 0. The number of nitriles is 1. The van der Waals surface area contributed by atoms with E-state index in [2.05, 4.69) is 24.8 Å². The maximum absolute atomic E-state index is 9.03. The van der Waals surface area contributed by atoms with Crippen LogP contribution in [-0.4, -0.2) is 24.1 Å². The molecule has 0 N–H and O–H groups in total. The largest absolute Gasteiger partial charge is 0.496 e. The topological polar surface area (TPSA) is 36.3 Å². The van der Waals surface area contributed by atoms with Crippen LogP contribution in [0.5, 0.6) is 5.75 Å². The predicted octanol–water partition coefficient (Wildman–Crippen LogP) is 3.33. The fourth-order valence-electron chi connectivity index (χ4n) is 2.95. The van der Waals surface area contributed by atoms with E-state index in [1.165, 1.54) is 19.3 Å². The number of rotatable bonds is 3. The van der Waals surface area contributed by atoms with Gasteiger partial charge in [0, 0.05) is 24.2 Å². The highest BCUT2D eigenvalue weighted by atomic mass is 16.5. The molecule has 19 heavy (non-hydrogen) atoms. The zero-order chi connectivity index (χ0) is 13.8. The summed E-state index contributed by atoms with van der Waals surface area (Å²) in [7, 11) is 1.69. The lowest BCUT2D eigenvalue weighted by Crippen LogP contribution is -2.43. The standard InChI is InChI=1S/C16H22N2O/c1-12-5-4-6-13(2)18(12)11-15-9-14(10-17)7-8-16(15)19-3/h7-9,12-13H,4-6,11H2,1-3H3/t12-,13+. The van der Waals surface area contributed by atoms with Gasteiger partial charge in [-0.05, 0) is 44.9 Å². The SMILES string of the molecule is COc1ccc(C#N)cc1CN1[C@H](C)CCC[C@@H]1C. The Balaban J connectivity index is 2.23. The molecule has 0 bridgehead atoms. The molecule has 1 aliphatic rings. The zero-order valence-corrected chi connectivity index (χ0v) is 12.0. The second kappa shape index (κ2) is 6.08. The Morgan fingerprint density at radius 2 is 2.00 bits per heavy atom. The van der Waals surface area contributed by atoms with Crippen molar-refractivity contribution in [3.8, 4) is 11.8 Å². The molecule has 1 aliphatic heterocycles. The monoisotopic (exact) mass is 258 g/mol. The van der Waals surface area contributed by atoms with Gasteiger partial charge in [-0.3, -0.25) is 4.90 Å². The molecule has 0 saturated carbocycles. The number of hydrogen-bond acceptors (Lipinski definition) is 3. The lowest BCUT2D eigenvalue weighted by Gasteiger charge is -2.39. The van der Waals surface area contributed by atoms with Crippen LogP contribution in [0, 0.1) is 11.3 Å². The first-order valence-electron chi connectivity index (χ1n) is 6.98. The molecule has 2 atom stereocenters. The number of piperidine rings is 1. The molecule has 102 valence electrons. The minimum absolute atomic E-state index is 0.596. The summed E-state index contributed by atoms with van der Waals surface area (Å²) < 4.78 is 5.42. The Morgan fingerprint density at radius 3 is 2.58 bits per heavy atom. The van der Waals surface area contributed by atoms with Crippen LogP contribution in [0.4, 0.5) is 0 Å². The van der Waals surface area contributed by atoms with Gasteiger partial charge in [0.15, 0.2) is 0 Å². The molecule has 1 aromatic carbocycles. The Hall–Kier alpha value is -1.53. The maximum atomic E-state index is 9.03. The third-order valence-corrected chi connectivity index (χ3v) is 4.14. The van der Waals surface area contributed by atoms with Crippen molar-refractivity contribution in [1.29, 1.82) is 5.26 Å². The van der Waals surface area contributed by atoms with Crippen LogP contribution in [0.15, 0.2) is 18.2 Å². The van der Waals surface area contributed by atoms with E-state index < -0.39 is 0 Å². The molecule has 3 nitrogen and oxygen atoms in total. The summed E-state index contributed by atoms with van der Waals surface area (Å²) in [5, 5.41) is 9.03. The van der Waals surface area contributed by atoms with Crippen LogP contribution >= 0.6 is 0 Å². The number of benzene rings is 1. The van der Waals surface area contributed by atoms with Crippen LogP contribution in [0.2, 0.25) is 0 Å². The minimum atomic E-state index is 0.596. The molecule has 1 aromatic rings. The van der Waals surface area contributed by atoms with E-state index in [0.29, 0.717) is 17.6 Å². The van der Waals surface area contributed by atoms with Gasteiger partial charge >= 0.3 is 0 Å². The minimum Gasteiger partial charge on any atom is -0.496 e. The van der Waals surface area contributed by atoms with Gasteiger partial charge in [0.1, 0.15) is 5.75 Å². The molecule has 1 heterocycles. The Morgan fingerprint density at radius 1 is 1.32 bits per heavy atom. The molecular formula is C16H22N2O. The highest BCUT2D eigenvalue weighted by molar-refractivity contribution is 5.42. The van der Waals surface area contributed by atoms with Gasteiger partial charge in [-0.2, -0.15) is 5.26 Å². The first-order chi connectivity index (χ1) is 9.15. The molecule has 0 radical (unpaired) electrons. The summed E-state index contributed by atoms with van der Waals surface area (Å²) in [5.41, 5.74) is 1.82. The van der Waals surface area contributed by atoms with Crippen molar-refractivity contribution in [1.82, 2.24) is 4.90 Å². The van der Waals surface area contributed by atoms with E-state index in [1.807, 2.05) is 18.2 Å². The average Bonchev–Trinajstić information content (AvgIpc) is 2.42. The van der Waals surface area contributed by atoms with Crippen LogP contribution in [0.3, 0.4) is 0 Å². The number of likely N-dealkylation sites (tertiary alicyclic amines) is 1. The quantitative estimate of drug-likeness (QED) is 0.834. The Bertz CT molecular complexity index is 468. The highest BCUT2D eigenvalue weighted by Crippen LogP contribution is 2.28. The molecule has 0 amide bonds. The van der Waals surface area contributed by atoms with E-state index in [-0.39, 0.29) is 0 Å². The van der Waals surface area contributed by atoms with Gasteiger partial charge < -0.3 is 4.74 Å². The number of hydrogen-bond donors (Lipinski definition) is 0. The highest BCUT2D eigenvalue weighted by Gasteiger charge is 2.25. The van der Waals surface area contributed by atoms with Crippen molar-refractivity contribution in [3.63, 3.8) is 0 Å². The third kappa shape index (κ3) is 3.08. The number of methoxy groups -OCH3 is 1. The van der Waals surface area contributed by atoms with Gasteiger partial charge in [-0.1, -0.05) is 6.42 Å². The van der Waals surface area contributed by atoms with Crippen molar-refractivity contribution in [2.75, 3.05) is 7.11 Å². The molecule has 3 heteroatoms. The lowest BCUT2D eigenvalue weighted by atomic mass is 9.96. The summed E-state index contributed by atoms with van der Waals surface area (Å²) in [4.78, 5) is 2.52. The van der Waals surface area contributed by atoms with E-state index in [9.17, 15) is 0 Å². The van der Waals surface area contributed by atoms with Gasteiger partial charge in [0.2, 0.25) is 0 Å². The van der Waals surface area contributed by atoms with Gasteiger partial charge in [0.25, 0.3) is 0 Å². The second-order valence-electron chi connectivity index (χ2n) is 5.44. The summed E-state index contributed by atoms with van der Waals surface area (Å²) in [6, 6.07) is 9.06. The van der Waals surface area contributed by atoms with Gasteiger partial charge in [-0.25, -0.2) is 0 Å². The molecule has 2 rings (SSSR count). The Kier molecular flexibility index (Phi) is 4.44. The first-order valence-corrected chi connectivity index (χ1v) is 6.98. The molecule has 0 aliphatic carbocycles. The summed E-state index contributed by atoms with van der Waals surface area (Å²) in [6.45, 7) is 5.44. The Labute approximate surface area is 115 Å². The van der Waals surface area contributed by atoms with E-state index >= 15 is 0 Å². The normalized spacial score (nSPS) is 23.9. The first kappa shape index (κ1) is 13.9. The molecule has 0 unspecified atom stereocenters. The van der Waals surface area contributed by atoms with Gasteiger partial charge in [0.05, 0.1) is 18.7 Å². The molecule has 0 aromatic heterocycles. The zero-order valence-electron chi connectivity index (χ0n) is 12.0. The van der Waals surface area contributed by atoms with Crippen LogP contribution < -0.4 is 4.74 Å². The molecule has 1 saturated heterocycles.